The average Bonchev–Trinajstić information content (AvgIpc) is 2.05. The van der Waals surface area contributed by atoms with Crippen molar-refractivity contribution in [2.24, 2.45) is 0 Å². The van der Waals surface area contributed by atoms with Gasteiger partial charge in [-0.25, -0.2) is 0 Å². The Balaban J connectivity index is 2.80. The number of hydrogen-bond donors (Lipinski definition) is 0. The Kier molecular flexibility index (Phi) is 3.35. The van der Waals surface area contributed by atoms with Gasteiger partial charge in [-0.15, -0.1) is 6.58 Å². The van der Waals surface area contributed by atoms with Crippen molar-refractivity contribution in [3.63, 3.8) is 0 Å². The maximum atomic E-state index is 3.70. The van der Waals surface area contributed by atoms with Crippen LogP contribution < -0.4 is 4.90 Å². The first-order valence-corrected chi connectivity index (χ1v) is 4.61. The highest BCUT2D eigenvalue weighted by molar-refractivity contribution is 9.10. The van der Waals surface area contributed by atoms with E-state index in [4.69, 9.17) is 0 Å². The van der Waals surface area contributed by atoms with Crippen molar-refractivity contribution in [2.75, 3.05) is 18.5 Å². The molecular weight excluding hydrogens is 214 g/mol. The van der Waals surface area contributed by atoms with Crippen LogP contribution in [-0.2, 0) is 0 Å². The Labute approximate surface area is 81.8 Å². The average molecular weight is 226 g/mol. The van der Waals surface area contributed by atoms with Gasteiger partial charge in [-0.2, -0.15) is 0 Å². The van der Waals surface area contributed by atoms with Gasteiger partial charge in [0.2, 0.25) is 0 Å². The molecule has 1 rings (SSSR count). The molecule has 1 nitrogen and oxygen atoms in total. The van der Waals surface area contributed by atoms with Crippen molar-refractivity contribution in [1.29, 1.82) is 0 Å². The second kappa shape index (κ2) is 4.31. The summed E-state index contributed by atoms with van der Waals surface area (Å²) in [7, 11) is 2.05. The maximum absolute atomic E-state index is 3.70. The van der Waals surface area contributed by atoms with Crippen LogP contribution in [0.5, 0.6) is 0 Å². The molecule has 0 fully saturated rings. The molecule has 1 aromatic rings. The Morgan fingerprint density at radius 2 is 2.33 bits per heavy atom. The monoisotopic (exact) mass is 225 g/mol. The second-order valence-corrected chi connectivity index (χ2v) is 3.56. The van der Waals surface area contributed by atoms with Gasteiger partial charge in [-0.05, 0) is 18.2 Å². The predicted octanol–water partition coefficient (Wildman–Crippen LogP) is 3.07. The Morgan fingerprint density at radius 1 is 1.58 bits per heavy atom. The Bertz CT molecular complexity index is 270. The molecule has 0 aliphatic rings. The summed E-state index contributed by atoms with van der Waals surface area (Å²) in [5, 5.41) is 0. The lowest BCUT2D eigenvalue weighted by Crippen LogP contribution is -2.16. The van der Waals surface area contributed by atoms with Crippen LogP contribution in [0, 0.1) is 0 Å². The van der Waals surface area contributed by atoms with E-state index in [2.05, 4.69) is 39.5 Å². The van der Waals surface area contributed by atoms with E-state index in [9.17, 15) is 0 Å². The van der Waals surface area contributed by atoms with Gasteiger partial charge in [-0.3, -0.25) is 0 Å². The van der Waals surface area contributed by atoms with E-state index in [0.29, 0.717) is 0 Å². The molecular formula is C10H12BrN. The molecule has 0 radical (unpaired) electrons. The zero-order valence-electron chi connectivity index (χ0n) is 7.13. The summed E-state index contributed by atoms with van der Waals surface area (Å²) in [6, 6.07) is 8.21. The van der Waals surface area contributed by atoms with Gasteiger partial charge in [0.15, 0.2) is 0 Å². The molecule has 0 saturated carbocycles. The van der Waals surface area contributed by atoms with E-state index in [1.165, 1.54) is 5.69 Å². The molecule has 1 aromatic carbocycles. The molecule has 0 atom stereocenters. The zero-order chi connectivity index (χ0) is 8.97. The Hall–Kier alpha value is -0.760. The maximum Gasteiger partial charge on any atom is 0.0377 e. The molecule has 0 heterocycles. The summed E-state index contributed by atoms with van der Waals surface area (Å²) in [5.74, 6) is 0. The zero-order valence-corrected chi connectivity index (χ0v) is 8.71. The molecule has 0 amide bonds. The molecule has 0 saturated heterocycles. The molecule has 0 aliphatic carbocycles. The van der Waals surface area contributed by atoms with Crippen LogP contribution in [-0.4, -0.2) is 13.6 Å². The largest absolute Gasteiger partial charge is 0.371 e. The summed E-state index contributed by atoms with van der Waals surface area (Å²) in [6.07, 6.45) is 1.89. The molecule has 2 heteroatoms. The summed E-state index contributed by atoms with van der Waals surface area (Å²) in [5.41, 5.74) is 1.20. The fraction of sp³-hybridized carbons (Fsp3) is 0.200. The third kappa shape index (κ3) is 2.38. The van der Waals surface area contributed by atoms with Gasteiger partial charge in [0.25, 0.3) is 0 Å². The van der Waals surface area contributed by atoms with Crippen molar-refractivity contribution in [1.82, 2.24) is 0 Å². The first kappa shape index (κ1) is 9.33. The normalized spacial score (nSPS) is 9.50. The number of nitrogens with zero attached hydrogens (tertiary/aromatic N) is 1. The summed E-state index contributed by atoms with van der Waals surface area (Å²) < 4.78 is 1.11. The molecule has 0 aromatic heterocycles. The van der Waals surface area contributed by atoms with Gasteiger partial charge in [0.1, 0.15) is 0 Å². The van der Waals surface area contributed by atoms with Gasteiger partial charge in [-0.1, -0.05) is 28.1 Å². The van der Waals surface area contributed by atoms with E-state index < -0.39 is 0 Å². The van der Waals surface area contributed by atoms with Crippen LogP contribution in [0.3, 0.4) is 0 Å². The molecule has 0 aliphatic heterocycles. The van der Waals surface area contributed by atoms with E-state index >= 15 is 0 Å². The highest BCUT2D eigenvalue weighted by Gasteiger charge is 1.97. The highest BCUT2D eigenvalue weighted by Crippen LogP contribution is 2.18. The molecule has 12 heavy (non-hydrogen) atoms. The van der Waals surface area contributed by atoms with Gasteiger partial charge in [0, 0.05) is 23.8 Å². The van der Waals surface area contributed by atoms with Crippen LogP contribution in [0.2, 0.25) is 0 Å². The quantitative estimate of drug-likeness (QED) is 0.716. The fourth-order valence-electron chi connectivity index (χ4n) is 1.01. The van der Waals surface area contributed by atoms with Crippen LogP contribution >= 0.6 is 15.9 Å². The minimum Gasteiger partial charge on any atom is -0.371 e. The van der Waals surface area contributed by atoms with Crippen LogP contribution in [0.25, 0.3) is 0 Å². The lowest BCUT2D eigenvalue weighted by Gasteiger charge is -2.16. The lowest BCUT2D eigenvalue weighted by atomic mass is 10.3. The SMILES string of the molecule is C=CCN(C)c1cccc(Br)c1. The van der Waals surface area contributed by atoms with E-state index in [1.54, 1.807) is 0 Å². The van der Waals surface area contributed by atoms with Gasteiger partial charge < -0.3 is 4.90 Å². The molecule has 0 N–H and O–H groups in total. The number of hydrogen-bond acceptors (Lipinski definition) is 1. The number of rotatable bonds is 3. The predicted molar refractivity (Wildman–Crippen MR) is 57.6 cm³/mol. The van der Waals surface area contributed by atoms with E-state index in [-0.39, 0.29) is 0 Å². The highest BCUT2D eigenvalue weighted by atomic mass is 79.9. The smallest absolute Gasteiger partial charge is 0.0377 e. The minimum absolute atomic E-state index is 0.871. The third-order valence-corrected chi connectivity index (χ3v) is 2.15. The summed E-state index contributed by atoms with van der Waals surface area (Å²) in [6.45, 7) is 4.57. The minimum atomic E-state index is 0.871. The van der Waals surface area contributed by atoms with E-state index in [0.717, 1.165) is 11.0 Å². The molecule has 64 valence electrons. The first-order chi connectivity index (χ1) is 5.74. The molecule has 0 spiro atoms. The molecule has 0 bridgehead atoms. The van der Waals surface area contributed by atoms with E-state index in [1.807, 2.05) is 25.3 Å². The third-order valence-electron chi connectivity index (χ3n) is 1.65. The van der Waals surface area contributed by atoms with Crippen LogP contribution in [0.1, 0.15) is 0 Å². The van der Waals surface area contributed by atoms with Crippen molar-refractivity contribution in [3.05, 3.63) is 41.4 Å². The number of anilines is 1. The number of likely N-dealkylation sites (N-methyl/N-ethyl adjacent to an activating group) is 1. The number of benzene rings is 1. The topological polar surface area (TPSA) is 3.24 Å². The standard InChI is InChI=1S/C10H12BrN/c1-3-7-12(2)10-6-4-5-9(11)8-10/h3-6,8H,1,7H2,2H3. The summed E-state index contributed by atoms with van der Waals surface area (Å²) in [4.78, 5) is 2.14. The molecule has 0 unspecified atom stereocenters. The van der Waals surface area contributed by atoms with Crippen molar-refractivity contribution in [3.8, 4) is 0 Å². The fourth-order valence-corrected chi connectivity index (χ4v) is 1.40. The van der Waals surface area contributed by atoms with Gasteiger partial charge in [0.05, 0.1) is 0 Å². The number of halogens is 1. The van der Waals surface area contributed by atoms with Crippen molar-refractivity contribution >= 4 is 21.6 Å². The van der Waals surface area contributed by atoms with Gasteiger partial charge >= 0.3 is 0 Å². The Morgan fingerprint density at radius 3 is 2.92 bits per heavy atom. The lowest BCUT2D eigenvalue weighted by molar-refractivity contribution is 1.03. The van der Waals surface area contributed by atoms with Crippen molar-refractivity contribution < 1.29 is 0 Å². The summed E-state index contributed by atoms with van der Waals surface area (Å²) >= 11 is 3.43. The van der Waals surface area contributed by atoms with Crippen molar-refractivity contribution in [2.45, 2.75) is 0 Å². The van der Waals surface area contributed by atoms with Crippen LogP contribution in [0.4, 0.5) is 5.69 Å². The second-order valence-electron chi connectivity index (χ2n) is 2.65. The van der Waals surface area contributed by atoms with Crippen LogP contribution in [0.15, 0.2) is 41.4 Å². The first-order valence-electron chi connectivity index (χ1n) is 3.81.